The van der Waals surface area contributed by atoms with E-state index in [0.29, 0.717) is 11.9 Å². The number of nitrogens with one attached hydrogen (secondary N) is 1. The molecule has 0 aromatic rings. The summed E-state index contributed by atoms with van der Waals surface area (Å²) in [6.07, 6.45) is 8.12. The van der Waals surface area contributed by atoms with Crippen LogP contribution in [0.1, 0.15) is 52.4 Å². The minimum absolute atomic E-state index is 0. The van der Waals surface area contributed by atoms with E-state index < -0.39 is 0 Å². The third-order valence-corrected chi connectivity index (χ3v) is 3.82. The number of guanidine groups is 1. The van der Waals surface area contributed by atoms with Crippen molar-refractivity contribution in [1.29, 1.82) is 0 Å². The number of nitrogens with two attached hydrogens (primary N) is 1. The summed E-state index contributed by atoms with van der Waals surface area (Å²) in [7, 11) is 2.26. The highest BCUT2D eigenvalue weighted by molar-refractivity contribution is 14.0. The van der Waals surface area contributed by atoms with E-state index in [1.54, 1.807) is 0 Å². The van der Waals surface area contributed by atoms with Crippen molar-refractivity contribution in [3.8, 4) is 0 Å². The molecule has 0 spiro atoms. The second kappa shape index (κ2) is 11.6. The molecular formula is C15H33IN4. The minimum atomic E-state index is 0. The Labute approximate surface area is 142 Å². The van der Waals surface area contributed by atoms with Crippen LogP contribution in [0, 0.1) is 5.92 Å². The van der Waals surface area contributed by atoms with Gasteiger partial charge in [-0.1, -0.05) is 33.1 Å². The summed E-state index contributed by atoms with van der Waals surface area (Å²) >= 11 is 0. The fourth-order valence-corrected chi connectivity index (χ4v) is 2.59. The van der Waals surface area contributed by atoms with Gasteiger partial charge < -0.3 is 16.0 Å². The summed E-state index contributed by atoms with van der Waals surface area (Å²) in [5.41, 5.74) is 5.81. The summed E-state index contributed by atoms with van der Waals surface area (Å²) < 4.78 is 0. The van der Waals surface area contributed by atoms with Gasteiger partial charge in [0.05, 0.1) is 0 Å². The van der Waals surface area contributed by atoms with Crippen LogP contribution in [-0.4, -0.2) is 43.6 Å². The van der Waals surface area contributed by atoms with Crippen LogP contribution in [0.25, 0.3) is 0 Å². The van der Waals surface area contributed by atoms with Gasteiger partial charge in [0, 0.05) is 19.1 Å². The molecule has 1 fully saturated rings. The van der Waals surface area contributed by atoms with Gasteiger partial charge in [0.25, 0.3) is 0 Å². The van der Waals surface area contributed by atoms with Crippen molar-refractivity contribution in [2.24, 2.45) is 16.6 Å². The Bertz CT molecular complexity index is 263. The first-order chi connectivity index (χ1) is 9.09. The zero-order valence-corrected chi connectivity index (χ0v) is 15.7. The second-order valence-electron chi connectivity index (χ2n) is 6.17. The number of rotatable bonds is 7. The highest BCUT2D eigenvalue weighted by atomic mass is 127. The molecule has 4 nitrogen and oxygen atoms in total. The summed E-state index contributed by atoms with van der Waals surface area (Å²) in [5.74, 6) is 1.16. The Kier molecular flexibility index (Phi) is 11.6. The molecule has 0 atom stereocenters. The zero-order chi connectivity index (χ0) is 14.1. The van der Waals surface area contributed by atoms with E-state index in [9.17, 15) is 0 Å². The van der Waals surface area contributed by atoms with E-state index >= 15 is 0 Å². The predicted octanol–water partition coefficient (Wildman–Crippen LogP) is 2.82. The van der Waals surface area contributed by atoms with Crippen LogP contribution in [0.2, 0.25) is 0 Å². The highest BCUT2D eigenvalue weighted by Crippen LogP contribution is 2.21. The quantitative estimate of drug-likeness (QED) is 0.301. The van der Waals surface area contributed by atoms with E-state index in [1.807, 2.05) is 0 Å². The monoisotopic (exact) mass is 396 g/mol. The van der Waals surface area contributed by atoms with Crippen LogP contribution in [0.15, 0.2) is 4.99 Å². The summed E-state index contributed by atoms with van der Waals surface area (Å²) in [6.45, 7) is 7.17. The molecule has 3 N–H and O–H groups in total. The van der Waals surface area contributed by atoms with Crippen LogP contribution in [-0.2, 0) is 0 Å². The molecular weight excluding hydrogens is 363 g/mol. The minimum Gasteiger partial charge on any atom is -0.370 e. The number of hydrogen-bond donors (Lipinski definition) is 2. The van der Waals surface area contributed by atoms with Crippen LogP contribution >= 0.6 is 24.0 Å². The zero-order valence-electron chi connectivity index (χ0n) is 13.4. The fraction of sp³-hybridized carbons (Fsp3) is 0.933. The highest BCUT2D eigenvalue weighted by Gasteiger charge is 2.17. The lowest BCUT2D eigenvalue weighted by molar-refractivity contribution is 0.190. The number of nitrogens with zero attached hydrogens (tertiary/aromatic N) is 2. The average Bonchev–Trinajstić information content (AvgIpc) is 2.42. The normalized spacial score (nSPS) is 17.4. The van der Waals surface area contributed by atoms with Gasteiger partial charge in [-0.05, 0) is 38.8 Å². The van der Waals surface area contributed by atoms with Gasteiger partial charge >= 0.3 is 0 Å². The molecule has 1 aliphatic rings. The smallest absolute Gasteiger partial charge is 0.188 e. The maximum absolute atomic E-state index is 5.81. The molecule has 0 unspecified atom stereocenters. The molecule has 0 saturated heterocycles. The van der Waals surface area contributed by atoms with Gasteiger partial charge in [-0.25, -0.2) is 0 Å². The standard InChI is InChI=1S/C15H32N4.HI/c1-13(2)12-18-15(16)17-10-7-11-19(3)14-8-5-4-6-9-14;/h13-14H,4-12H2,1-3H3,(H3,16,17,18);1H. The average molecular weight is 396 g/mol. The molecule has 0 aromatic heterocycles. The third kappa shape index (κ3) is 9.00. The maximum Gasteiger partial charge on any atom is 0.188 e. The van der Waals surface area contributed by atoms with Crippen molar-refractivity contribution in [2.45, 2.75) is 58.4 Å². The lowest BCUT2D eigenvalue weighted by atomic mass is 9.94. The van der Waals surface area contributed by atoms with E-state index in [1.165, 1.54) is 32.1 Å². The molecule has 120 valence electrons. The SMILES string of the molecule is CC(C)CN=C(N)NCCCN(C)C1CCCCC1.I. The first kappa shape index (κ1) is 20.0. The Hall–Kier alpha value is -0.0400. The Morgan fingerprint density at radius 2 is 1.95 bits per heavy atom. The van der Waals surface area contributed by atoms with E-state index in [4.69, 9.17) is 5.73 Å². The van der Waals surface area contributed by atoms with Crippen molar-refractivity contribution in [3.05, 3.63) is 0 Å². The molecule has 0 radical (unpaired) electrons. The number of aliphatic imine (C=N–C) groups is 1. The third-order valence-electron chi connectivity index (χ3n) is 3.82. The summed E-state index contributed by atoms with van der Waals surface area (Å²) in [5, 5.41) is 3.20. The van der Waals surface area contributed by atoms with Crippen LogP contribution in [0.5, 0.6) is 0 Å². The second-order valence-corrected chi connectivity index (χ2v) is 6.17. The van der Waals surface area contributed by atoms with Gasteiger partial charge in [-0.15, -0.1) is 24.0 Å². The molecule has 1 saturated carbocycles. The van der Waals surface area contributed by atoms with Gasteiger partial charge in [0.15, 0.2) is 5.96 Å². The lowest BCUT2D eigenvalue weighted by Crippen LogP contribution is -2.37. The molecule has 0 bridgehead atoms. The van der Waals surface area contributed by atoms with Crippen molar-refractivity contribution >= 4 is 29.9 Å². The molecule has 0 heterocycles. The van der Waals surface area contributed by atoms with Gasteiger partial charge in [-0.2, -0.15) is 0 Å². The van der Waals surface area contributed by atoms with Crippen molar-refractivity contribution < 1.29 is 0 Å². The molecule has 1 rings (SSSR count). The molecule has 0 aromatic carbocycles. The van der Waals surface area contributed by atoms with E-state index in [2.05, 4.69) is 36.1 Å². The summed E-state index contributed by atoms with van der Waals surface area (Å²) in [6, 6.07) is 0.806. The number of hydrogen-bond acceptors (Lipinski definition) is 2. The van der Waals surface area contributed by atoms with E-state index in [0.717, 1.165) is 32.1 Å². The number of halogens is 1. The molecule has 5 heteroatoms. The van der Waals surface area contributed by atoms with E-state index in [-0.39, 0.29) is 24.0 Å². The summed E-state index contributed by atoms with van der Waals surface area (Å²) in [4.78, 5) is 6.82. The largest absolute Gasteiger partial charge is 0.370 e. The van der Waals surface area contributed by atoms with Gasteiger partial charge in [-0.3, -0.25) is 4.99 Å². The fourth-order valence-electron chi connectivity index (χ4n) is 2.59. The predicted molar refractivity (Wildman–Crippen MR) is 98.9 cm³/mol. The Morgan fingerprint density at radius 3 is 2.55 bits per heavy atom. The molecule has 1 aliphatic carbocycles. The topological polar surface area (TPSA) is 53.6 Å². The molecule has 20 heavy (non-hydrogen) atoms. The first-order valence-corrected chi connectivity index (χ1v) is 7.83. The maximum atomic E-state index is 5.81. The van der Waals surface area contributed by atoms with Crippen LogP contribution in [0.3, 0.4) is 0 Å². The lowest BCUT2D eigenvalue weighted by Gasteiger charge is -2.31. The van der Waals surface area contributed by atoms with Crippen molar-refractivity contribution in [3.63, 3.8) is 0 Å². The van der Waals surface area contributed by atoms with Crippen LogP contribution < -0.4 is 11.1 Å². The van der Waals surface area contributed by atoms with Crippen molar-refractivity contribution in [1.82, 2.24) is 10.2 Å². The Morgan fingerprint density at radius 1 is 1.30 bits per heavy atom. The Balaban J connectivity index is 0.00000361. The van der Waals surface area contributed by atoms with Crippen molar-refractivity contribution in [2.75, 3.05) is 26.7 Å². The van der Waals surface area contributed by atoms with Gasteiger partial charge in [0.2, 0.25) is 0 Å². The molecule has 0 aliphatic heterocycles. The van der Waals surface area contributed by atoms with Crippen LogP contribution in [0.4, 0.5) is 0 Å². The molecule has 0 amide bonds. The first-order valence-electron chi connectivity index (χ1n) is 7.83. The van der Waals surface area contributed by atoms with Gasteiger partial charge in [0.1, 0.15) is 0 Å².